The molecule has 0 bridgehead atoms. The van der Waals surface area contributed by atoms with Gasteiger partial charge in [-0.3, -0.25) is 9.36 Å². The second-order valence-corrected chi connectivity index (χ2v) is 7.87. The molecule has 6 nitrogen and oxygen atoms in total. The van der Waals surface area contributed by atoms with Crippen LogP contribution in [-0.4, -0.2) is 24.5 Å². The highest BCUT2D eigenvalue weighted by Crippen LogP contribution is 2.15. The van der Waals surface area contributed by atoms with E-state index in [2.05, 4.69) is 9.71 Å². The van der Waals surface area contributed by atoms with E-state index >= 15 is 0 Å². The molecule has 0 aliphatic carbocycles. The van der Waals surface area contributed by atoms with Crippen LogP contribution < -0.4 is 10.3 Å². The maximum Gasteiger partial charge on any atom is 0.253 e. The number of aromatic nitrogens is 2. The summed E-state index contributed by atoms with van der Waals surface area (Å²) in [5.74, 6) is -0.375. The first kappa shape index (κ1) is 19.2. The lowest BCUT2D eigenvalue weighted by atomic mass is 10.1. The average Bonchev–Trinajstić information content (AvgIpc) is 2.64. The van der Waals surface area contributed by atoms with E-state index in [-0.39, 0.29) is 29.4 Å². The van der Waals surface area contributed by atoms with E-state index in [1.54, 1.807) is 0 Å². The van der Waals surface area contributed by atoms with Gasteiger partial charge in [0.25, 0.3) is 5.56 Å². The predicted molar refractivity (Wildman–Crippen MR) is 101 cm³/mol. The van der Waals surface area contributed by atoms with Gasteiger partial charge in [0.15, 0.2) is 0 Å². The van der Waals surface area contributed by atoms with Gasteiger partial charge in [-0.05, 0) is 48.5 Å². The van der Waals surface area contributed by atoms with Crippen molar-refractivity contribution in [1.82, 2.24) is 14.3 Å². The van der Waals surface area contributed by atoms with Gasteiger partial charge in [-0.25, -0.2) is 22.5 Å². The van der Waals surface area contributed by atoms with Gasteiger partial charge in [-0.1, -0.05) is 11.6 Å². The molecule has 0 fully saturated rings. The molecule has 0 radical (unpaired) electrons. The normalized spacial score (nSPS) is 11.5. The Morgan fingerprint density at radius 2 is 1.74 bits per heavy atom. The van der Waals surface area contributed by atoms with Gasteiger partial charge in [-0.2, -0.15) is 0 Å². The molecule has 27 heavy (non-hydrogen) atoms. The van der Waals surface area contributed by atoms with Gasteiger partial charge in [0.05, 0.1) is 16.9 Å². The third-order valence-corrected chi connectivity index (χ3v) is 5.52. The van der Waals surface area contributed by atoms with Crippen molar-refractivity contribution in [2.75, 3.05) is 6.54 Å². The number of halogens is 2. The molecule has 1 N–H and O–H groups in total. The van der Waals surface area contributed by atoms with Crippen LogP contribution in [0.1, 0.15) is 0 Å². The maximum absolute atomic E-state index is 13.0. The monoisotopic (exact) mass is 407 g/mol. The third kappa shape index (κ3) is 4.79. The molecule has 3 rings (SSSR count). The molecular weight excluding hydrogens is 393 g/mol. The van der Waals surface area contributed by atoms with Gasteiger partial charge in [0.1, 0.15) is 5.82 Å². The Hall–Kier alpha value is -2.55. The second-order valence-electron chi connectivity index (χ2n) is 5.66. The smallest absolute Gasteiger partial charge is 0.253 e. The first-order valence-corrected chi connectivity index (χ1v) is 9.79. The Kier molecular flexibility index (Phi) is 5.69. The number of hydrogen-bond acceptors (Lipinski definition) is 4. The van der Waals surface area contributed by atoms with Crippen LogP contribution in [0.4, 0.5) is 4.39 Å². The van der Waals surface area contributed by atoms with Crippen molar-refractivity contribution in [3.05, 3.63) is 82.1 Å². The van der Waals surface area contributed by atoms with Crippen molar-refractivity contribution >= 4 is 21.6 Å². The van der Waals surface area contributed by atoms with E-state index in [0.29, 0.717) is 16.3 Å². The minimum atomic E-state index is -3.70. The summed E-state index contributed by atoms with van der Waals surface area (Å²) in [6.45, 7) is 0.130. The van der Waals surface area contributed by atoms with Crippen LogP contribution in [-0.2, 0) is 16.6 Å². The highest BCUT2D eigenvalue weighted by molar-refractivity contribution is 7.89. The minimum Gasteiger partial charge on any atom is -0.298 e. The Morgan fingerprint density at radius 3 is 2.37 bits per heavy atom. The lowest BCUT2D eigenvalue weighted by Gasteiger charge is -2.09. The lowest BCUT2D eigenvalue weighted by molar-refractivity contribution is 0.569. The zero-order valence-electron chi connectivity index (χ0n) is 14.0. The van der Waals surface area contributed by atoms with E-state index < -0.39 is 10.0 Å². The molecule has 0 spiro atoms. The number of hydrogen-bond donors (Lipinski definition) is 1. The molecule has 2 aromatic carbocycles. The minimum absolute atomic E-state index is 0.0163. The number of sulfonamides is 1. The average molecular weight is 408 g/mol. The summed E-state index contributed by atoms with van der Waals surface area (Å²) in [6, 6.07) is 12.7. The Balaban J connectivity index is 1.67. The summed E-state index contributed by atoms with van der Waals surface area (Å²) in [6.07, 6.45) is 1.33. The van der Waals surface area contributed by atoms with Crippen molar-refractivity contribution in [2.24, 2.45) is 0 Å². The van der Waals surface area contributed by atoms with Gasteiger partial charge in [-0.15, -0.1) is 0 Å². The maximum atomic E-state index is 13.0. The first-order valence-electron chi connectivity index (χ1n) is 7.93. The Bertz CT molecular complexity index is 1100. The summed E-state index contributed by atoms with van der Waals surface area (Å²) >= 11 is 5.75. The zero-order valence-corrected chi connectivity index (χ0v) is 15.5. The van der Waals surface area contributed by atoms with Gasteiger partial charge in [0.2, 0.25) is 10.0 Å². The van der Waals surface area contributed by atoms with E-state index in [4.69, 9.17) is 11.6 Å². The van der Waals surface area contributed by atoms with Crippen LogP contribution in [0.25, 0.3) is 11.3 Å². The van der Waals surface area contributed by atoms with Crippen molar-refractivity contribution in [2.45, 2.75) is 11.4 Å². The molecule has 3 aromatic rings. The Morgan fingerprint density at radius 1 is 1.07 bits per heavy atom. The molecule has 0 amide bonds. The van der Waals surface area contributed by atoms with Gasteiger partial charge in [0, 0.05) is 29.7 Å². The molecule has 0 atom stereocenters. The van der Waals surface area contributed by atoms with Crippen LogP contribution in [0, 0.1) is 5.82 Å². The molecule has 1 aromatic heterocycles. The van der Waals surface area contributed by atoms with Crippen molar-refractivity contribution in [3.8, 4) is 11.3 Å². The zero-order chi connectivity index (χ0) is 19.4. The van der Waals surface area contributed by atoms with Crippen LogP contribution in [0.2, 0.25) is 5.02 Å². The van der Waals surface area contributed by atoms with Gasteiger partial charge < -0.3 is 0 Å². The predicted octanol–water partition coefficient (Wildman–Crippen LogP) is 2.68. The number of benzene rings is 2. The van der Waals surface area contributed by atoms with Crippen molar-refractivity contribution in [3.63, 3.8) is 0 Å². The Labute approximate surface area is 160 Å². The third-order valence-electron chi connectivity index (χ3n) is 3.79. The van der Waals surface area contributed by atoms with Crippen LogP contribution in [0.5, 0.6) is 0 Å². The largest absolute Gasteiger partial charge is 0.298 e. The fraction of sp³-hybridized carbons (Fsp3) is 0.111. The number of nitrogens with zero attached hydrogens (tertiary/aromatic N) is 2. The first-order chi connectivity index (χ1) is 12.8. The molecule has 140 valence electrons. The lowest BCUT2D eigenvalue weighted by Crippen LogP contribution is -2.30. The fourth-order valence-corrected chi connectivity index (χ4v) is 3.52. The van der Waals surface area contributed by atoms with Crippen LogP contribution >= 0.6 is 11.6 Å². The quantitative estimate of drug-likeness (QED) is 0.681. The van der Waals surface area contributed by atoms with Crippen molar-refractivity contribution in [1.29, 1.82) is 0 Å². The summed E-state index contributed by atoms with van der Waals surface area (Å²) < 4.78 is 41.1. The molecule has 0 saturated carbocycles. The summed E-state index contributed by atoms with van der Waals surface area (Å²) in [7, 11) is -3.70. The standard InChI is InChI=1S/C18H15ClFN3O3S/c19-14-3-7-16(8-4-14)27(25,26)22-9-10-23-12-21-17(11-18(23)24)13-1-5-15(20)6-2-13/h1-8,11-12,22H,9-10H2. The van der Waals surface area contributed by atoms with Crippen LogP contribution in [0.15, 0.2) is 70.6 Å². The molecule has 0 unspecified atom stereocenters. The molecule has 0 saturated heterocycles. The molecule has 0 aliphatic rings. The molecular formula is C18H15ClFN3O3S. The van der Waals surface area contributed by atoms with E-state index in [1.807, 2.05) is 0 Å². The van der Waals surface area contributed by atoms with Crippen molar-refractivity contribution < 1.29 is 12.8 Å². The molecule has 0 aliphatic heterocycles. The SMILES string of the molecule is O=c1cc(-c2ccc(F)cc2)ncn1CCNS(=O)(=O)c1ccc(Cl)cc1. The second kappa shape index (κ2) is 7.99. The summed E-state index contributed by atoms with van der Waals surface area (Å²) in [5, 5.41) is 0.438. The summed E-state index contributed by atoms with van der Waals surface area (Å²) in [4.78, 5) is 16.5. The van der Waals surface area contributed by atoms with Crippen LogP contribution in [0.3, 0.4) is 0 Å². The van der Waals surface area contributed by atoms with E-state index in [1.165, 1.54) is 65.5 Å². The highest BCUT2D eigenvalue weighted by Gasteiger charge is 2.13. The van der Waals surface area contributed by atoms with E-state index in [0.717, 1.165) is 0 Å². The highest BCUT2D eigenvalue weighted by atomic mass is 35.5. The fourth-order valence-electron chi connectivity index (χ4n) is 2.37. The number of rotatable bonds is 6. The molecule has 9 heteroatoms. The molecule has 1 heterocycles. The number of nitrogens with one attached hydrogen (secondary N) is 1. The van der Waals surface area contributed by atoms with E-state index in [9.17, 15) is 17.6 Å². The van der Waals surface area contributed by atoms with Gasteiger partial charge >= 0.3 is 0 Å². The summed E-state index contributed by atoms with van der Waals surface area (Å²) in [5.41, 5.74) is 0.692. The topological polar surface area (TPSA) is 81.1 Å².